The first kappa shape index (κ1) is 20.3. The minimum Gasteiger partial charge on any atom is -0.480 e. The first-order valence-electron chi connectivity index (χ1n) is 9.25. The Labute approximate surface area is 183 Å². The number of ether oxygens (including phenoxy) is 2. The lowest BCUT2D eigenvalue weighted by Crippen LogP contribution is -2.00. The van der Waals surface area contributed by atoms with Gasteiger partial charge in [-0.25, -0.2) is 4.98 Å². The molecule has 0 saturated carbocycles. The van der Waals surface area contributed by atoms with Crippen molar-refractivity contribution in [2.75, 3.05) is 14.2 Å². The van der Waals surface area contributed by atoms with Crippen molar-refractivity contribution in [1.82, 2.24) is 24.7 Å². The third-order valence-electron chi connectivity index (χ3n) is 4.64. The van der Waals surface area contributed by atoms with Crippen molar-refractivity contribution in [2.24, 2.45) is 0 Å². The van der Waals surface area contributed by atoms with Gasteiger partial charge in [0, 0.05) is 36.3 Å². The molecule has 1 aromatic carbocycles. The molecule has 154 valence electrons. The number of benzene rings is 1. The topological polar surface area (TPSA) is 98.7 Å². The second kappa shape index (κ2) is 8.81. The van der Waals surface area contributed by atoms with E-state index in [2.05, 4.69) is 26.2 Å². The van der Waals surface area contributed by atoms with Crippen LogP contribution >= 0.6 is 11.6 Å². The molecule has 3 aromatic heterocycles. The average Bonchev–Trinajstić information content (AvgIpc) is 3.27. The van der Waals surface area contributed by atoms with E-state index in [0.717, 1.165) is 16.7 Å². The van der Waals surface area contributed by atoms with Crippen molar-refractivity contribution in [2.45, 2.75) is 6.54 Å². The molecule has 31 heavy (non-hydrogen) atoms. The maximum Gasteiger partial charge on any atom is 0.319 e. The van der Waals surface area contributed by atoms with Crippen LogP contribution in [0.2, 0.25) is 5.15 Å². The predicted molar refractivity (Wildman–Crippen MR) is 115 cm³/mol. The highest BCUT2D eigenvalue weighted by Gasteiger charge is 2.16. The summed E-state index contributed by atoms with van der Waals surface area (Å²) < 4.78 is 12.4. The molecule has 4 aromatic rings. The van der Waals surface area contributed by atoms with Crippen molar-refractivity contribution in [3.05, 3.63) is 71.3 Å². The van der Waals surface area contributed by atoms with Crippen LogP contribution < -0.4 is 9.47 Å². The Hall–Kier alpha value is -3.96. The van der Waals surface area contributed by atoms with E-state index < -0.39 is 0 Å². The quantitative estimate of drug-likeness (QED) is 0.454. The van der Waals surface area contributed by atoms with Gasteiger partial charge in [0.15, 0.2) is 5.15 Å². The van der Waals surface area contributed by atoms with Crippen molar-refractivity contribution < 1.29 is 9.47 Å². The summed E-state index contributed by atoms with van der Waals surface area (Å²) >= 11 is 6.35. The third-order valence-corrected chi connectivity index (χ3v) is 4.92. The zero-order valence-corrected chi connectivity index (χ0v) is 17.5. The van der Waals surface area contributed by atoms with Gasteiger partial charge >= 0.3 is 6.01 Å². The second-order valence-corrected chi connectivity index (χ2v) is 6.95. The van der Waals surface area contributed by atoms with Gasteiger partial charge in [-0.2, -0.15) is 10.2 Å². The summed E-state index contributed by atoms with van der Waals surface area (Å²) in [6, 6.07) is 13.6. The van der Waals surface area contributed by atoms with Crippen LogP contribution in [0.5, 0.6) is 11.9 Å². The van der Waals surface area contributed by atoms with E-state index in [1.165, 1.54) is 14.2 Å². The Kier molecular flexibility index (Phi) is 5.78. The number of hydrogen-bond donors (Lipinski definition) is 0. The molecule has 9 heteroatoms. The molecule has 0 spiro atoms. The number of hydrogen-bond acceptors (Lipinski definition) is 7. The number of nitrogens with zero attached hydrogens (tertiary/aromatic N) is 6. The predicted octanol–water partition coefficient (Wildman–Crippen LogP) is 3.99. The largest absolute Gasteiger partial charge is 0.480 e. The maximum absolute atomic E-state index is 8.94. The summed E-state index contributed by atoms with van der Waals surface area (Å²) in [7, 11) is 3.00. The number of nitriles is 1. The van der Waals surface area contributed by atoms with Crippen LogP contribution in [0.25, 0.3) is 22.4 Å². The summed E-state index contributed by atoms with van der Waals surface area (Å²) in [5.74, 6) is 0.327. The van der Waals surface area contributed by atoms with Crippen LogP contribution in [0.1, 0.15) is 11.1 Å². The number of methoxy groups -OCH3 is 2. The van der Waals surface area contributed by atoms with Gasteiger partial charge in [-0.15, -0.1) is 10.2 Å². The van der Waals surface area contributed by atoms with Crippen molar-refractivity contribution in [1.29, 1.82) is 5.26 Å². The fraction of sp³-hybridized carbons (Fsp3) is 0.136. The molecule has 0 N–H and O–H groups in total. The number of halogens is 1. The van der Waals surface area contributed by atoms with E-state index >= 15 is 0 Å². The molecule has 0 aliphatic carbocycles. The second-order valence-electron chi connectivity index (χ2n) is 6.59. The van der Waals surface area contributed by atoms with Gasteiger partial charge in [-0.05, 0) is 29.8 Å². The van der Waals surface area contributed by atoms with Gasteiger partial charge in [0.1, 0.15) is 5.69 Å². The monoisotopic (exact) mass is 432 g/mol. The highest BCUT2D eigenvalue weighted by Crippen LogP contribution is 2.33. The summed E-state index contributed by atoms with van der Waals surface area (Å²) in [6.45, 7) is 0.662. The Bertz CT molecular complexity index is 1260. The van der Waals surface area contributed by atoms with Crippen molar-refractivity contribution >= 4 is 11.6 Å². The molecule has 0 radical (unpaired) electrons. The Morgan fingerprint density at radius 3 is 2.58 bits per heavy atom. The first-order valence-corrected chi connectivity index (χ1v) is 9.63. The smallest absolute Gasteiger partial charge is 0.319 e. The van der Waals surface area contributed by atoms with Crippen LogP contribution in [0.3, 0.4) is 0 Å². The molecular weight excluding hydrogens is 416 g/mol. The van der Waals surface area contributed by atoms with Crippen LogP contribution in [0, 0.1) is 11.3 Å². The van der Waals surface area contributed by atoms with E-state index in [4.69, 9.17) is 26.3 Å². The highest BCUT2D eigenvalue weighted by atomic mass is 35.5. The minimum atomic E-state index is 0.197. The van der Waals surface area contributed by atoms with E-state index in [9.17, 15) is 0 Å². The number of rotatable bonds is 6. The summed E-state index contributed by atoms with van der Waals surface area (Å²) in [4.78, 5) is 8.33. The molecule has 0 saturated heterocycles. The molecule has 0 atom stereocenters. The van der Waals surface area contributed by atoms with Crippen LogP contribution in [0.4, 0.5) is 0 Å². The van der Waals surface area contributed by atoms with Crippen LogP contribution in [-0.2, 0) is 6.54 Å². The molecule has 3 heterocycles. The molecule has 0 aliphatic heterocycles. The van der Waals surface area contributed by atoms with Crippen molar-refractivity contribution in [3.8, 4) is 40.3 Å². The van der Waals surface area contributed by atoms with Gasteiger partial charge < -0.3 is 14.0 Å². The lowest BCUT2D eigenvalue weighted by Gasteiger charge is -2.09. The Morgan fingerprint density at radius 1 is 1.06 bits per heavy atom. The highest BCUT2D eigenvalue weighted by molar-refractivity contribution is 6.32. The maximum atomic E-state index is 8.94. The van der Waals surface area contributed by atoms with Gasteiger partial charge in [0.05, 0.1) is 31.4 Å². The van der Waals surface area contributed by atoms with Gasteiger partial charge in [-0.3, -0.25) is 0 Å². The molecule has 4 rings (SSSR count). The minimum absolute atomic E-state index is 0.197. The molecule has 0 amide bonds. The van der Waals surface area contributed by atoms with Gasteiger partial charge in [-0.1, -0.05) is 23.7 Å². The SMILES string of the molecule is COc1ncc(-c2cc(-c3ccn(Cc4ccc(C#N)cc4)c3)c(Cl)nn2)c(OC)n1. The number of aromatic nitrogens is 5. The zero-order chi connectivity index (χ0) is 21.8. The summed E-state index contributed by atoms with van der Waals surface area (Å²) in [5.41, 5.74) is 4.44. The van der Waals surface area contributed by atoms with Gasteiger partial charge in [0.25, 0.3) is 0 Å². The van der Waals surface area contributed by atoms with Crippen molar-refractivity contribution in [3.63, 3.8) is 0 Å². The standard InChI is InChI=1S/C22H17ClN6O2/c1-30-21-18(11-25-22(26-21)31-2)19-9-17(20(23)28-27-19)16-7-8-29(13-16)12-15-5-3-14(10-24)4-6-15/h3-9,11,13H,12H2,1-2H3. The molecule has 0 fully saturated rings. The third kappa shape index (κ3) is 4.32. The summed E-state index contributed by atoms with van der Waals surface area (Å²) in [5, 5.41) is 17.5. The lowest BCUT2D eigenvalue weighted by molar-refractivity contribution is 0.353. The zero-order valence-electron chi connectivity index (χ0n) is 16.8. The fourth-order valence-electron chi connectivity index (χ4n) is 3.09. The lowest BCUT2D eigenvalue weighted by atomic mass is 10.1. The Morgan fingerprint density at radius 2 is 1.87 bits per heavy atom. The van der Waals surface area contributed by atoms with E-state index in [1.54, 1.807) is 18.3 Å². The molecule has 0 bridgehead atoms. The van der Waals surface area contributed by atoms with E-state index in [-0.39, 0.29) is 11.2 Å². The van der Waals surface area contributed by atoms with Crippen LogP contribution in [0.15, 0.2) is 55.0 Å². The molecular formula is C22H17ClN6O2. The molecule has 0 aliphatic rings. The average molecular weight is 433 g/mol. The molecule has 8 nitrogen and oxygen atoms in total. The first-order chi connectivity index (χ1) is 15.1. The van der Waals surface area contributed by atoms with Gasteiger partial charge in [0.2, 0.25) is 5.88 Å². The summed E-state index contributed by atoms with van der Waals surface area (Å²) in [6.07, 6.45) is 5.51. The van der Waals surface area contributed by atoms with E-state index in [1.807, 2.05) is 41.2 Å². The normalized spacial score (nSPS) is 10.5. The van der Waals surface area contributed by atoms with Crippen LogP contribution in [-0.4, -0.2) is 39.0 Å². The Balaban J connectivity index is 1.64. The van der Waals surface area contributed by atoms with E-state index in [0.29, 0.717) is 29.2 Å². The fourth-order valence-corrected chi connectivity index (χ4v) is 3.29. The molecule has 0 unspecified atom stereocenters.